The van der Waals surface area contributed by atoms with Crippen LogP contribution >= 0.6 is 0 Å². The molecule has 126 valence electrons. The summed E-state index contributed by atoms with van der Waals surface area (Å²) in [5, 5.41) is 13.0. The normalized spacial score (nSPS) is 12.5. The summed E-state index contributed by atoms with van der Waals surface area (Å²) in [6.07, 6.45) is -4.50. The third kappa shape index (κ3) is 4.09. The molecule has 0 aliphatic carbocycles. The Bertz CT molecular complexity index is 758. The number of nitrogens with zero attached hydrogens (tertiary/aromatic N) is 1. The maximum absolute atomic E-state index is 12.7. The lowest BCUT2D eigenvalue weighted by atomic mass is 10.00. The van der Waals surface area contributed by atoms with Crippen molar-refractivity contribution < 1.29 is 22.9 Å². The van der Waals surface area contributed by atoms with Crippen molar-refractivity contribution in [2.75, 3.05) is 5.32 Å². The van der Waals surface area contributed by atoms with Gasteiger partial charge in [-0.2, -0.15) is 13.2 Å². The van der Waals surface area contributed by atoms with E-state index in [1.165, 1.54) is 36.4 Å². The molecule has 0 spiro atoms. The van der Waals surface area contributed by atoms with Crippen molar-refractivity contribution in [2.45, 2.75) is 19.0 Å². The highest BCUT2D eigenvalue weighted by atomic mass is 19.4. The van der Waals surface area contributed by atoms with Gasteiger partial charge < -0.3 is 5.32 Å². The van der Waals surface area contributed by atoms with Crippen LogP contribution in [0.2, 0.25) is 0 Å². The van der Waals surface area contributed by atoms with Gasteiger partial charge in [0.05, 0.1) is 16.4 Å². The average molecular weight is 338 g/mol. The molecule has 2 aromatic carbocycles. The number of hydrogen-bond donors (Lipinski definition) is 1. The number of carbonyl (C=O) groups excluding carboxylic acids is 1. The Morgan fingerprint density at radius 3 is 2.33 bits per heavy atom. The van der Waals surface area contributed by atoms with Crippen molar-refractivity contribution in [3.63, 3.8) is 0 Å². The highest BCUT2D eigenvalue weighted by molar-refractivity contribution is 5.95. The molecular formula is C16H13F3N2O3. The molecule has 0 aromatic heterocycles. The van der Waals surface area contributed by atoms with E-state index in [-0.39, 0.29) is 11.4 Å². The van der Waals surface area contributed by atoms with Gasteiger partial charge in [-0.25, -0.2) is 0 Å². The van der Waals surface area contributed by atoms with Crippen molar-refractivity contribution >= 4 is 17.3 Å². The van der Waals surface area contributed by atoms with Gasteiger partial charge >= 0.3 is 6.18 Å². The largest absolute Gasteiger partial charge is 0.416 e. The topological polar surface area (TPSA) is 72.2 Å². The van der Waals surface area contributed by atoms with E-state index in [9.17, 15) is 28.1 Å². The van der Waals surface area contributed by atoms with E-state index in [0.717, 1.165) is 12.1 Å². The first kappa shape index (κ1) is 17.5. The Labute approximate surface area is 135 Å². The van der Waals surface area contributed by atoms with Crippen LogP contribution in [0.25, 0.3) is 0 Å². The predicted octanol–water partition coefficient (Wildman–Crippen LogP) is 4.36. The molecule has 5 nitrogen and oxygen atoms in total. The lowest BCUT2D eigenvalue weighted by Crippen LogP contribution is -2.19. The van der Waals surface area contributed by atoms with Crippen LogP contribution in [0.4, 0.5) is 24.5 Å². The van der Waals surface area contributed by atoms with Crippen molar-refractivity contribution in [3.8, 4) is 0 Å². The van der Waals surface area contributed by atoms with E-state index in [1.807, 2.05) is 0 Å². The van der Waals surface area contributed by atoms with Crippen molar-refractivity contribution in [1.82, 2.24) is 0 Å². The number of nitro benzene ring substituents is 1. The Balaban J connectivity index is 2.13. The van der Waals surface area contributed by atoms with Crippen LogP contribution < -0.4 is 5.32 Å². The van der Waals surface area contributed by atoms with Crippen LogP contribution in [0.1, 0.15) is 24.0 Å². The van der Waals surface area contributed by atoms with E-state index in [1.54, 1.807) is 6.92 Å². The number of non-ortho nitro benzene ring substituents is 1. The molecule has 8 heteroatoms. The first-order chi connectivity index (χ1) is 11.2. The van der Waals surface area contributed by atoms with Gasteiger partial charge in [-0.3, -0.25) is 14.9 Å². The second-order valence-electron chi connectivity index (χ2n) is 5.14. The Morgan fingerprint density at radius 2 is 1.79 bits per heavy atom. The zero-order chi connectivity index (χ0) is 17.9. The third-order valence-electron chi connectivity index (χ3n) is 3.45. The van der Waals surface area contributed by atoms with E-state index in [4.69, 9.17) is 0 Å². The summed E-state index contributed by atoms with van der Waals surface area (Å²) in [6, 6.07) is 9.73. The molecular weight excluding hydrogens is 325 g/mol. The van der Waals surface area contributed by atoms with Crippen molar-refractivity contribution in [3.05, 3.63) is 69.8 Å². The number of alkyl halides is 3. The third-order valence-corrected chi connectivity index (χ3v) is 3.45. The van der Waals surface area contributed by atoms with Gasteiger partial charge in [0.15, 0.2) is 0 Å². The molecule has 0 bridgehead atoms. The summed E-state index contributed by atoms with van der Waals surface area (Å²) in [7, 11) is 0. The quantitative estimate of drug-likeness (QED) is 0.665. The number of hydrogen-bond acceptors (Lipinski definition) is 3. The number of nitrogens with one attached hydrogen (secondary N) is 1. The Morgan fingerprint density at radius 1 is 1.17 bits per heavy atom. The molecule has 2 aromatic rings. The van der Waals surface area contributed by atoms with Gasteiger partial charge in [0.1, 0.15) is 0 Å². The van der Waals surface area contributed by atoms with E-state index < -0.39 is 28.5 Å². The second kappa shape index (κ2) is 6.69. The SMILES string of the molecule is CC(C(=O)Nc1cccc(C(F)(F)F)c1)c1ccc([N+](=O)[O-])cc1. The molecule has 0 radical (unpaired) electrons. The summed E-state index contributed by atoms with van der Waals surface area (Å²) in [6.45, 7) is 1.56. The molecule has 1 unspecified atom stereocenters. The first-order valence-corrected chi connectivity index (χ1v) is 6.91. The van der Waals surface area contributed by atoms with Crippen LogP contribution in [-0.4, -0.2) is 10.8 Å². The maximum atomic E-state index is 12.7. The zero-order valence-corrected chi connectivity index (χ0v) is 12.5. The summed E-state index contributed by atoms with van der Waals surface area (Å²) < 4.78 is 38.0. The lowest BCUT2D eigenvalue weighted by molar-refractivity contribution is -0.384. The smallest absolute Gasteiger partial charge is 0.326 e. The van der Waals surface area contributed by atoms with E-state index >= 15 is 0 Å². The molecule has 0 fully saturated rings. The molecule has 1 amide bonds. The highest BCUT2D eigenvalue weighted by Crippen LogP contribution is 2.31. The summed E-state index contributed by atoms with van der Waals surface area (Å²) in [5.41, 5.74) is -0.416. The predicted molar refractivity (Wildman–Crippen MR) is 81.6 cm³/mol. The fourth-order valence-electron chi connectivity index (χ4n) is 2.06. The molecule has 0 aliphatic heterocycles. The number of halogens is 3. The number of carbonyl (C=O) groups is 1. The van der Waals surface area contributed by atoms with Crippen LogP contribution in [0.15, 0.2) is 48.5 Å². The fourth-order valence-corrected chi connectivity index (χ4v) is 2.06. The summed E-state index contributed by atoms with van der Waals surface area (Å²) in [5.74, 6) is -1.19. The van der Waals surface area contributed by atoms with Crippen LogP contribution in [0.5, 0.6) is 0 Å². The Hall–Kier alpha value is -2.90. The second-order valence-corrected chi connectivity index (χ2v) is 5.14. The molecule has 1 atom stereocenters. The monoisotopic (exact) mass is 338 g/mol. The lowest BCUT2D eigenvalue weighted by Gasteiger charge is -2.14. The van der Waals surface area contributed by atoms with Gasteiger partial charge in [-0.05, 0) is 30.7 Å². The minimum absolute atomic E-state index is 0.0311. The molecule has 0 aliphatic rings. The summed E-state index contributed by atoms with van der Waals surface area (Å²) >= 11 is 0. The van der Waals surface area contributed by atoms with Crippen LogP contribution in [0.3, 0.4) is 0 Å². The van der Waals surface area contributed by atoms with Gasteiger partial charge in [-0.15, -0.1) is 0 Å². The molecule has 2 rings (SSSR count). The van der Waals surface area contributed by atoms with Gasteiger partial charge in [0.2, 0.25) is 5.91 Å². The average Bonchev–Trinajstić information content (AvgIpc) is 2.53. The highest BCUT2D eigenvalue weighted by Gasteiger charge is 2.30. The molecule has 0 saturated carbocycles. The van der Waals surface area contributed by atoms with Crippen LogP contribution in [-0.2, 0) is 11.0 Å². The van der Waals surface area contributed by atoms with Crippen LogP contribution in [0, 0.1) is 10.1 Å². The standard InChI is InChI=1S/C16H13F3N2O3/c1-10(11-5-7-14(8-6-11)21(23)24)15(22)20-13-4-2-3-12(9-13)16(17,18)19/h2-10H,1H3,(H,20,22). The van der Waals surface area contributed by atoms with Crippen molar-refractivity contribution in [2.24, 2.45) is 0 Å². The first-order valence-electron chi connectivity index (χ1n) is 6.91. The minimum Gasteiger partial charge on any atom is -0.326 e. The zero-order valence-electron chi connectivity index (χ0n) is 12.5. The van der Waals surface area contributed by atoms with Crippen molar-refractivity contribution in [1.29, 1.82) is 0 Å². The van der Waals surface area contributed by atoms with E-state index in [0.29, 0.717) is 5.56 Å². The number of nitro groups is 1. The van der Waals surface area contributed by atoms with Gasteiger partial charge in [0, 0.05) is 17.8 Å². The number of anilines is 1. The minimum atomic E-state index is -4.50. The number of amides is 1. The fraction of sp³-hybridized carbons (Fsp3) is 0.188. The molecule has 24 heavy (non-hydrogen) atoms. The van der Waals surface area contributed by atoms with E-state index in [2.05, 4.69) is 5.32 Å². The maximum Gasteiger partial charge on any atom is 0.416 e. The molecule has 0 heterocycles. The van der Waals surface area contributed by atoms with Gasteiger partial charge in [0.25, 0.3) is 5.69 Å². The Kier molecular flexibility index (Phi) is 4.87. The summed E-state index contributed by atoms with van der Waals surface area (Å²) in [4.78, 5) is 22.2. The molecule has 0 saturated heterocycles. The molecule has 1 N–H and O–H groups in total. The number of rotatable bonds is 4. The number of benzene rings is 2. The van der Waals surface area contributed by atoms with Gasteiger partial charge in [-0.1, -0.05) is 18.2 Å².